The van der Waals surface area contributed by atoms with Gasteiger partial charge < -0.3 is 4.74 Å². The molecule has 0 aromatic heterocycles. The maximum Gasteiger partial charge on any atom is 0.338 e. The van der Waals surface area contributed by atoms with Gasteiger partial charge in [-0.3, -0.25) is 0 Å². The van der Waals surface area contributed by atoms with Crippen LogP contribution in [0.25, 0.3) is 11.1 Å². The van der Waals surface area contributed by atoms with E-state index in [1.165, 1.54) is 6.42 Å². The van der Waals surface area contributed by atoms with Gasteiger partial charge >= 0.3 is 5.97 Å². The molecular weight excluding hydrogens is 288 g/mol. The van der Waals surface area contributed by atoms with E-state index in [0.717, 1.165) is 48.1 Å². The van der Waals surface area contributed by atoms with Gasteiger partial charge in [0.25, 0.3) is 0 Å². The van der Waals surface area contributed by atoms with E-state index in [1.807, 2.05) is 37.3 Å². The van der Waals surface area contributed by atoms with Crippen LogP contribution >= 0.6 is 0 Å². The average molecular weight is 308 g/mol. The largest absolute Gasteiger partial charge is 0.462 e. The summed E-state index contributed by atoms with van der Waals surface area (Å²) in [4.78, 5) is 12.4. The number of esters is 1. The van der Waals surface area contributed by atoms with Gasteiger partial charge in [-0.15, -0.1) is 0 Å². The highest BCUT2D eigenvalue weighted by Crippen LogP contribution is 2.53. The molecule has 0 aromatic rings. The highest BCUT2D eigenvalue weighted by molar-refractivity contribution is 6.02. The first-order valence-electron chi connectivity index (χ1n) is 8.41. The first kappa shape index (κ1) is 14.4. The number of carbonyl (C=O) groups is 1. The van der Waals surface area contributed by atoms with Crippen molar-refractivity contribution in [2.45, 2.75) is 44.6 Å². The zero-order valence-electron chi connectivity index (χ0n) is 13.3. The molecule has 4 aliphatic rings. The van der Waals surface area contributed by atoms with Crippen molar-refractivity contribution < 1.29 is 9.53 Å². The lowest BCUT2D eigenvalue weighted by Gasteiger charge is -2.35. The zero-order valence-corrected chi connectivity index (χ0v) is 13.3. The SMILES string of the molecule is CCOC(=O)c1cc2c3c(ccccc1-3)N=NC21CCCCC1. The van der Waals surface area contributed by atoms with Crippen LogP contribution in [0.3, 0.4) is 0 Å². The fourth-order valence-electron chi connectivity index (χ4n) is 3.94. The highest BCUT2D eigenvalue weighted by atomic mass is 16.5. The Kier molecular flexibility index (Phi) is 3.40. The third-order valence-corrected chi connectivity index (χ3v) is 5.03. The molecule has 1 heterocycles. The van der Waals surface area contributed by atoms with Crippen molar-refractivity contribution in [2.24, 2.45) is 10.2 Å². The van der Waals surface area contributed by atoms with Crippen molar-refractivity contribution in [1.82, 2.24) is 0 Å². The maximum absolute atomic E-state index is 12.4. The van der Waals surface area contributed by atoms with Gasteiger partial charge in [-0.1, -0.05) is 37.5 Å². The first-order chi connectivity index (χ1) is 11.2. The number of nitrogens with zero attached hydrogens (tertiary/aromatic N) is 2. The van der Waals surface area contributed by atoms with Crippen molar-refractivity contribution in [3.8, 4) is 11.1 Å². The molecule has 0 aromatic carbocycles. The monoisotopic (exact) mass is 308 g/mol. The molecule has 0 radical (unpaired) electrons. The lowest BCUT2D eigenvalue weighted by atomic mass is 9.76. The minimum atomic E-state index is -0.256. The van der Waals surface area contributed by atoms with E-state index in [4.69, 9.17) is 9.85 Å². The molecule has 1 saturated carbocycles. The normalized spacial score (nSPS) is 18.3. The number of azo groups is 1. The van der Waals surface area contributed by atoms with Gasteiger partial charge in [-0.2, -0.15) is 10.2 Å². The number of hydrogen-bond acceptors (Lipinski definition) is 4. The number of carbonyl (C=O) groups excluding carboxylic acids is 1. The Balaban J connectivity index is 1.94. The topological polar surface area (TPSA) is 51.0 Å². The third kappa shape index (κ3) is 2.16. The van der Waals surface area contributed by atoms with Crippen LogP contribution in [0.4, 0.5) is 5.69 Å². The molecule has 0 unspecified atom stereocenters. The lowest BCUT2D eigenvalue weighted by molar-refractivity contribution is 0.0527. The second-order valence-corrected chi connectivity index (χ2v) is 6.38. The lowest BCUT2D eigenvalue weighted by Crippen LogP contribution is -2.27. The van der Waals surface area contributed by atoms with Crippen molar-refractivity contribution in [3.05, 3.63) is 41.5 Å². The van der Waals surface area contributed by atoms with Crippen molar-refractivity contribution in [3.63, 3.8) is 0 Å². The Morgan fingerprint density at radius 3 is 2.78 bits per heavy atom. The molecule has 4 nitrogen and oxygen atoms in total. The van der Waals surface area contributed by atoms with Gasteiger partial charge in [0.05, 0.1) is 17.9 Å². The Morgan fingerprint density at radius 2 is 2.00 bits per heavy atom. The predicted molar refractivity (Wildman–Crippen MR) is 88.3 cm³/mol. The Morgan fingerprint density at radius 1 is 1.22 bits per heavy atom. The Hall–Kier alpha value is -2.23. The van der Waals surface area contributed by atoms with Crippen LogP contribution in [0.1, 0.15) is 54.9 Å². The van der Waals surface area contributed by atoms with E-state index in [0.29, 0.717) is 12.2 Å². The molecule has 0 amide bonds. The number of fused-ring (bicyclic) bond motifs is 1. The molecule has 4 heteroatoms. The number of ether oxygens (including phenoxy) is 1. The first-order valence-corrected chi connectivity index (χ1v) is 8.41. The fourth-order valence-corrected chi connectivity index (χ4v) is 3.94. The summed E-state index contributed by atoms with van der Waals surface area (Å²) in [5, 5.41) is 9.23. The molecule has 23 heavy (non-hydrogen) atoms. The van der Waals surface area contributed by atoms with E-state index >= 15 is 0 Å². The summed E-state index contributed by atoms with van der Waals surface area (Å²) in [6, 6.07) is 9.88. The quantitative estimate of drug-likeness (QED) is 0.714. The van der Waals surface area contributed by atoms with Gasteiger partial charge in [-0.05, 0) is 43.0 Å². The molecule has 4 rings (SSSR count). The van der Waals surface area contributed by atoms with Crippen LogP contribution < -0.4 is 0 Å². The summed E-state index contributed by atoms with van der Waals surface area (Å²) in [6.07, 6.45) is 5.59. The van der Waals surface area contributed by atoms with Crippen LogP contribution in [0.2, 0.25) is 0 Å². The molecular formula is C19H20N2O2. The summed E-state index contributed by atoms with van der Waals surface area (Å²) in [5.41, 5.74) is 4.43. The van der Waals surface area contributed by atoms with Gasteiger partial charge in [0, 0.05) is 5.56 Å². The van der Waals surface area contributed by atoms with E-state index in [-0.39, 0.29) is 11.5 Å². The second kappa shape index (κ2) is 5.44. The van der Waals surface area contributed by atoms with E-state index < -0.39 is 0 Å². The zero-order chi connectivity index (χ0) is 15.9. The fraction of sp³-hybridized carbons (Fsp3) is 0.421. The molecule has 0 N–H and O–H groups in total. The molecule has 3 aliphatic carbocycles. The molecule has 1 fully saturated rings. The summed E-state index contributed by atoms with van der Waals surface area (Å²) >= 11 is 0. The minimum absolute atomic E-state index is 0.247. The van der Waals surface area contributed by atoms with E-state index in [2.05, 4.69) is 5.11 Å². The van der Waals surface area contributed by atoms with Gasteiger partial charge in [-0.25, -0.2) is 4.79 Å². The predicted octanol–water partition coefficient (Wildman–Crippen LogP) is 5.22. The summed E-state index contributed by atoms with van der Waals surface area (Å²) in [6.45, 7) is 2.22. The van der Waals surface area contributed by atoms with Crippen molar-refractivity contribution >= 4 is 11.7 Å². The standard InChI is InChI=1S/C19H20N2O2/c1-2-23-18(22)14-12-15-17-13(14)8-4-5-9-16(17)20-21-19(15)10-6-3-7-11-19/h4-5,8-9,12H,2-3,6-7,10-11H2,1H3. The van der Waals surface area contributed by atoms with Crippen LogP contribution in [0.5, 0.6) is 0 Å². The molecule has 0 bridgehead atoms. The van der Waals surface area contributed by atoms with Crippen LogP contribution in [0, 0.1) is 0 Å². The van der Waals surface area contributed by atoms with Crippen LogP contribution in [0.15, 0.2) is 40.6 Å². The Bertz CT molecular complexity index is 760. The van der Waals surface area contributed by atoms with E-state index in [9.17, 15) is 4.79 Å². The van der Waals surface area contributed by atoms with Crippen molar-refractivity contribution in [2.75, 3.05) is 6.61 Å². The average Bonchev–Trinajstić information content (AvgIpc) is 2.83. The highest BCUT2D eigenvalue weighted by Gasteiger charge is 2.41. The third-order valence-electron chi connectivity index (χ3n) is 5.03. The van der Waals surface area contributed by atoms with Crippen molar-refractivity contribution in [1.29, 1.82) is 0 Å². The number of hydrogen-bond donors (Lipinski definition) is 0. The Labute approximate surface area is 135 Å². The van der Waals surface area contributed by atoms with E-state index in [1.54, 1.807) is 0 Å². The number of rotatable bonds is 2. The van der Waals surface area contributed by atoms with Gasteiger partial charge in [0.15, 0.2) is 0 Å². The molecule has 1 spiro atoms. The van der Waals surface area contributed by atoms with Crippen LogP contribution in [-0.4, -0.2) is 12.6 Å². The van der Waals surface area contributed by atoms with Gasteiger partial charge in [0.1, 0.15) is 5.54 Å². The second-order valence-electron chi connectivity index (χ2n) is 6.38. The smallest absolute Gasteiger partial charge is 0.338 e. The summed E-state index contributed by atoms with van der Waals surface area (Å²) in [5.74, 6) is -0.256. The molecule has 1 aliphatic heterocycles. The molecule has 0 atom stereocenters. The van der Waals surface area contributed by atoms with Gasteiger partial charge in [0.2, 0.25) is 0 Å². The molecule has 118 valence electrons. The van der Waals surface area contributed by atoms with Crippen LogP contribution in [-0.2, 0) is 10.3 Å². The minimum Gasteiger partial charge on any atom is -0.462 e. The molecule has 0 saturated heterocycles. The summed E-state index contributed by atoms with van der Waals surface area (Å²) < 4.78 is 5.26. The maximum atomic E-state index is 12.4. The summed E-state index contributed by atoms with van der Waals surface area (Å²) in [7, 11) is 0.